The van der Waals surface area contributed by atoms with Crippen LogP contribution < -0.4 is 0 Å². The molecule has 4 heteroatoms. The van der Waals surface area contributed by atoms with Crippen LogP contribution in [0.2, 0.25) is 5.02 Å². The number of fused-ring (bicyclic) bond motifs is 1. The highest BCUT2D eigenvalue weighted by Gasteiger charge is 2.12. The molecule has 2 aromatic rings. The standard InChI is InChI=1S/C16H17ClN2S/c17-12-6-4-5-11(9-12)10-15-18-14-8-3-1-2-7-13(14)16(20)19-15/h4-6,9H,1-3,7-8,10H2,(H,18,19,20). The second kappa shape index (κ2) is 6.06. The lowest BCUT2D eigenvalue weighted by molar-refractivity contribution is 0.708. The fraction of sp³-hybridized carbons (Fsp3) is 0.375. The van der Waals surface area contributed by atoms with E-state index in [0.717, 1.165) is 40.3 Å². The van der Waals surface area contributed by atoms with Crippen molar-refractivity contribution < 1.29 is 0 Å². The lowest BCUT2D eigenvalue weighted by atomic mass is 10.1. The summed E-state index contributed by atoms with van der Waals surface area (Å²) in [6.45, 7) is 0. The number of hydrogen-bond donors (Lipinski definition) is 1. The average Bonchev–Trinajstić information content (AvgIpc) is 2.64. The van der Waals surface area contributed by atoms with Crippen LogP contribution in [0.25, 0.3) is 0 Å². The molecule has 0 saturated heterocycles. The largest absolute Gasteiger partial charge is 0.347 e. The number of aromatic nitrogens is 2. The Morgan fingerprint density at radius 1 is 1.20 bits per heavy atom. The minimum absolute atomic E-state index is 0.748. The maximum atomic E-state index is 6.03. The first-order valence-electron chi connectivity index (χ1n) is 7.08. The van der Waals surface area contributed by atoms with E-state index in [1.165, 1.54) is 30.5 Å². The third-order valence-corrected chi connectivity index (χ3v) is 4.34. The average molecular weight is 305 g/mol. The van der Waals surface area contributed by atoms with E-state index in [1.54, 1.807) is 0 Å². The Bertz CT molecular complexity index is 678. The summed E-state index contributed by atoms with van der Waals surface area (Å²) in [5.74, 6) is 0.943. The van der Waals surface area contributed by atoms with Crippen molar-refractivity contribution in [1.82, 2.24) is 9.97 Å². The van der Waals surface area contributed by atoms with Gasteiger partial charge in [0.15, 0.2) is 0 Å². The van der Waals surface area contributed by atoms with E-state index < -0.39 is 0 Å². The quantitative estimate of drug-likeness (QED) is 0.646. The van der Waals surface area contributed by atoms with Crippen molar-refractivity contribution in [3.05, 3.63) is 56.6 Å². The van der Waals surface area contributed by atoms with E-state index in [1.807, 2.05) is 18.2 Å². The summed E-state index contributed by atoms with van der Waals surface area (Å²) >= 11 is 11.5. The van der Waals surface area contributed by atoms with Crippen LogP contribution in [0.5, 0.6) is 0 Å². The van der Waals surface area contributed by atoms with Crippen LogP contribution in [0.4, 0.5) is 0 Å². The van der Waals surface area contributed by atoms with E-state index in [4.69, 9.17) is 23.8 Å². The van der Waals surface area contributed by atoms with E-state index in [2.05, 4.69) is 16.0 Å². The van der Waals surface area contributed by atoms with Crippen molar-refractivity contribution in [1.29, 1.82) is 0 Å². The normalized spacial score (nSPS) is 14.7. The van der Waals surface area contributed by atoms with Crippen LogP contribution in [0.3, 0.4) is 0 Å². The predicted octanol–water partition coefficient (Wildman–Crippen LogP) is 4.65. The van der Waals surface area contributed by atoms with Gasteiger partial charge in [0.25, 0.3) is 0 Å². The first-order chi connectivity index (χ1) is 9.72. The molecule has 1 aliphatic rings. The molecule has 0 saturated carbocycles. The molecule has 3 rings (SSSR count). The maximum Gasteiger partial charge on any atom is 0.133 e. The van der Waals surface area contributed by atoms with E-state index >= 15 is 0 Å². The predicted molar refractivity (Wildman–Crippen MR) is 84.9 cm³/mol. The zero-order chi connectivity index (χ0) is 13.9. The highest BCUT2D eigenvalue weighted by Crippen LogP contribution is 2.20. The van der Waals surface area contributed by atoms with Gasteiger partial charge in [-0.25, -0.2) is 4.98 Å². The third kappa shape index (κ3) is 3.10. The molecular weight excluding hydrogens is 288 g/mol. The van der Waals surface area contributed by atoms with Gasteiger partial charge in [-0.1, -0.05) is 42.4 Å². The van der Waals surface area contributed by atoms with E-state index in [9.17, 15) is 0 Å². The Labute approximate surface area is 129 Å². The summed E-state index contributed by atoms with van der Waals surface area (Å²) in [5, 5.41) is 0.760. The van der Waals surface area contributed by atoms with Gasteiger partial charge in [-0.3, -0.25) is 0 Å². The molecule has 1 aliphatic carbocycles. The molecule has 0 aliphatic heterocycles. The van der Waals surface area contributed by atoms with Crippen molar-refractivity contribution in [3.63, 3.8) is 0 Å². The molecule has 1 aromatic carbocycles. The summed E-state index contributed by atoms with van der Waals surface area (Å²) in [5.41, 5.74) is 3.70. The lowest BCUT2D eigenvalue weighted by Gasteiger charge is -2.09. The molecule has 1 N–H and O–H groups in total. The Hall–Kier alpha value is -1.19. The van der Waals surface area contributed by atoms with Gasteiger partial charge in [-0.05, 0) is 43.4 Å². The number of rotatable bonds is 2. The fourth-order valence-corrected chi connectivity index (χ4v) is 3.32. The highest BCUT2D eigenvalue weighted by atomic mass is 35.5. The molecular formula is C16H17ClN2S. The van der Waals surface area contributed by atoms with Crippen LogP contribution in [0.15, 0.2) is 24.3 Å². The van der Waals surface area contributed by atoms with Crippen LogP contribution in [0.1, 0.15) is 41.9 Å². The molecule has 0 spiro atoms. The molecule has 1 aromatic heterocycles. The van der Waals surface area contributed by atoms with Crippen LogP contribution >= 0.6 is 23.8 Å². The van der Waals surface area contributed by atoms with Gasteiger partial charge in [0, 0.05) is 22.7 Å². The number of nitrogens with zero attached hydrogens (tertiary/aromatic N) is 1. The molecule has 20 heavy (non-hydrogen) atoms. The SMILES string of the molecule is S=c1nc(Cc2cccc(Cl)c2)[nH]c2c1CCCCC2. The van der Waals surface area contributed by atoms with Gasteiger partial charge in [0.1, 0.15) is 10.5 Å². The second-order valence-corrected chi connectivity index (χ2v) is 6.14. The molecule has 0 bridgehead atoms. The summed E-state index contributed by atoms with van der Waals surface area (Å²) in [6.07, 6.45) is 6.64. The van der Waals surface area contributed by atoms with Crippen LogP contribution in [0, 0.1) is 4.64 Å². The summed E-state index contributed by atoms with van der Waals surface area (Å²) in [7, 11) is 0. The molecule has 0 unspecified atom stereocenters. The number of halogens is 1. The number of benzene rings is 1. The fourth-order valence-electron chi connectivity index (χ4n) is 2.77. The summed E-state index contributed by atoms with van der Waals surface area (Å²) in [4.78, 5) is 8.06. The minimum Gasteiger partial charge on any atom is -0.347 e. The molecule has 0 radical (unpaired) electrons. The van der Waals surface area contributed by atoms with Crippen molar-refractivity contribution in [3.8, 4) is 0 Å². The zero-order valence-electron chi connectivity index (χ0n) is 11.3. The number of H-pyrrole nitrogens is 1. The topological polar surface area (TPSA) is 28.7 Å². The number of nitrogens with one attached hydrogen (secondary N) is 1. The van der Waals surface area contributed by atoms with E-state index in [-0.39, 0.29) is 0 Å². The zero-order valence-corrected chi connectivity index (χ0v) is 12.9. The van der Waals surface area contributed by atoms with Crippen molar-refractivity contribution in [2.45, 2.75) is 38.5 Å². The second-order valence-electron chi connectivity index (χ2n) is 5.31. The summed E-state index contributed by atoms with van der Waals surface area (Å²) < 4.78 is 0.776. The summed E-state index contributed by atoms with van der Waals surface area (Å²) in [6, 6.07) is 7.90. The van der Waals surface area contributed by atoms with Crippen molar-refractivity contribution in [2.24, 2.45) is 0 Å². The van der Waals surface area contributed by atoms with Gasteiger partial charge in [0.2, 0.25) is 0 Å². The Morgan fingerprint density at radius 2 is 2.05 bits per heavy atom. The first-order valence-corrected chi connectivity index (χ1v) is 7.86. The van der Waals surface area contributed by atoms with Crippen molar-refractivity contribution in [2.75, 3.05) is 0 Å². The number of aromatic amines is 1. The van der Waals surface area contributed by atoms with Gasteiger partial charge in [-0.15, -0.1) is 0 Å². The molecule has 0 amide bonds. The first kappa shape index (κ1) is 13.8. The Balaban J connectivity index is 1.93. The van der Waals surface area contributed by atoms with Crippen LogP contribution in [-0.4, -0.2) is 9.97 Å². The smallest absolute Gasteiger partial charge is 0.133 e. The van der Waals surface area contributed by atoms with Gasteiger partial charge >= 0.3 is 0 Å². The minimum atomic E-state index is 0.748. The Kier molecular flexibility index (Phi) is 4.18. The van der Waals surface area contributed by atoms with Gasteiger partial charge in [-0.2, -0.15) is 0 Å². The Morgan fingerprint density at radius 3 is 2.90 bits per heavy atom. The third-order valence-electron chi connectivity index (χ3n) is 3.77. The lowest BCUT2D eigenvalue weighted by Crippen LogP contribution is -2.05. The monoisotopic (exact) mass is 304 g/mol. The maximum absolute atomic E-state index is 6.03. The molecule has 0 fully saturated rings. The number of hydrogen-bond acceptors (Lipinski definition) is 2. The molecule has 0 atom stereocenters. The molecule has 2 nitrogen and oxygen atoms in total. The van der Waals surface area contributed by atoms with Crippen molar-refractivity contribution >= 4 is 23.8 Å². The van der Waals surface area contributed by atoms with Gasteiger partial charge < -0.3 is 4.98 Å². The molecule has 1 heterocycles. The van der Waals surface area contributed by atoms with Gasteiger partial charge in [0.05, 0.1) is 0 Å². The molecule has 104 valence electrons. The van der Waals surface area contributed by atoms with Crippen LogP contribution in [-0.2, 0) is 19.3 Å². The number of aryl methyl sites for hydroxylation is 1. The highest BCUT2D eigenvalue weighted by molar-refractivity contribution is 7.71. The van der Waals surface area contributed by atoms with E-state index in [0.29, 0.717) is 0 Å².